The molecule has 6 heteroatoms. The molecular formula is C19H18N4O2. The van der Waals surface area contributed by atoms with Gasteiger partial charge in [-0.15, -0.1) is 0 Å². The third kappa shape index (κ3) is 2.87. The van der Waals surface area contributed by atoms with Crippen LogP contribution in [0, 0.1) is 0 Å². The van der Waals surface area contributed by atoms with Gasteiger partial charge < -0.3 is 15.0 Å². The fourth-order valence-corrected chi connectivity index (χ4v) is 3.23. The van der Waals surface area contributed by atoms with Crippen LogP contribution in [0.2, 0.25) is 0 Å². The minimum atomic E-state index is -0.149. The van der Waals surface area contributed by atoms with E-state index in [0.717, 1.165) is 22.6 Å². The summed E-state index contributed by atoms with van der Waals surface area (Å²) in [5, 5.41) is 2.98. The van der Waals surface area contributed by atoms with Gasteiger partial charge in [0.1, 0.15) is 17.3 Å². The topological polar surface area (TPSA) is 79.9 Å². The number of hydrogen-bond acceptors (Lipinski definition) is 4. The second-order valence-electron chi connectivity index (χ2n) is 6.00. The number of aromatic nitrogens is 3. The fraction of sp³-hybridized carbons (Fsp3) is 0.211. The third-order valence-corrected chi connectivity index (χ3v) is 4.49. The van der Waals surface area contributed by atoms with Gasteiger partial charge in [0, 0.05) is 36.1 Å². The maximum absolute atomic E-state index is 12.4. The number of pyridine rings is 1. The molecule has 126 valence electrons. The Morgan fingerprint density at radius 2 is 1.96 bits per heavy atom. The Hall–Kier alpha value is -3.15. The van der Waals surface area contributed by atoms with Gasteiger partial charge in [-0.05, 0) is 30.2 Å². The highest BCUT2D eigenvalue weighted by atomic mass is 16.5. The number of imidazole rings is 1. The van der Waals surface area contributed by atoms with E-state index in [1.165, 1.54) is 0 Å². The van der Waals surface area contributed by atoms with E-state index in [-0.39, 0.29) is 11.8 Å². The van der Waals surface area contributed by atoms with Crippen LogP contribution in [0.15, 0.2) is 48.8 Å². The van der Waals surface area contributed by atoms with Crippen molar-refractivity contribution < 1.29 is 9.53 Å². The van der Waals surface area contributed by atoms with Crippen molar-refractivity contribution in [2.75, 3.05) is 13.7 Å². The van der Waals surface area contributed by atoms with Crippen LogP contribution in [0.3, 0.4) is 0 Å². The Labute approximate surface area is 145 Å². The number of methoxy groups -OCH3 is 1. The van der Waals surface area contributed by atoms with E-state index in [2.05, 4.69) is 20.3 Å². The van der Waals surface area contributed by atoms with Crippen LogP contribution in [-0.4, -0.2) is 34.5 Å². The lowest BCUT2D eigenvalue weighted by Crippen LogP contribution is -2.26. The second kappa shape index (κ2) is 6.39. The van der Waals surface area contributed by atoms with Gasteiger partial charge in [0.15, 0.2) is 0 Å². The zero-order chi connectivity index (χ0) is 17.2. The van der Waals surface area contributed by atoms with Gasteiger partial charge in [-0.2, -0.15) is 0 Å². The molecule has 4 rings (SSSR count). The molecule has 0 radical (unpaired) electrons. The summed E-state index contributed by atoms with van der Waals surface area (Å²) in [4.78, 5) is 24.3. The van der Waals surface area contributed by atoms with Crippen LogP contribution in [0.1, 0.15) is 27.7 Å². The van der Waals surface area contributed by atoms with Crippen molar-refractivity contribution in [1.29, 1.82) is 0 Å². The molecule has 0 aliphatic carbocycles. The lowest BCUT2D eigenvalue weighted by Gasteiger charge is -2.17. The summed E-state index contributed by atoms with van der Waals surface area (Å²) in [6, 6.07) is 11.7. The molecule has 0 bridgehead atoms. The van der Waals surface area contributed by atoms with Crippen LogP contribution in [0.4, 0.5) is 0 Å². The average Bonchev–Trinajstić information content (AvgIpc) is 3.03. The first-order chi connectivity index (χ1) is 12.3. The molecule has 1 amide bonds. The van der Waals surface area contributed by atoms with Crippen LogP contribution in [0.25, 0.3) is 11.4 Å². The summed E-state index contributed by atoms with van der Waals surface area (Å²) in [6.45, 7) is 0.550. The van der Waals surface area contributed by atoms with Gasteiger partial charge in [0.25, 0.3) is 5.91 Å². The molecule has 1 atom stereocenters. The van der Waals surface area contributed by atoms with E-state index >= 15 is 0 Å². The number of fused-ring (bicyclic) bond motifs is 1. The Bertz CT molecular complexity index is 905. The highest BCUT2D eigenvalue weighted by molar-refractivity contribution is 5.94. The zero-order valence-electron chi connectivity index (χ0n) is 13.8. The molecule has 0 unspecified atom stereocenters. The average molecular weight is 334 g/mol. The Kier molecular flexibility index (Phi) is 3.93. The molecule has 1 aromatic carbocycles. The quantitative estimate of drug-likeness (QED) is 0.771. The minimum Gasteiger partial charge on any atom is -0.496 e. The maximum Gasteiger partial charge on any atom is 0.271 e. The van der Waals surface area contributed by atoms with Crippen LogP contribution in [-0.2, 0) is 6.42 Å². The van der Waals surface area contributed by atoms with E-state index in [4.69, 9.17) is 4.74 Å². The number of nitrogens with zero attached hydrogens (tertiary/aromatic N) is 2. The molecule has 25 heavy (non-hydrogen) atoms. The molecule has 0 spiro atoms. The van der Waals surface area contributed by atoms with Crippen molar-refractivity contribution in [2.24, 2.45) is 0 Å². The molecule has 3 heterocycles. The second-order valence-corrected chi connectivity index (χ2v) is 6.00. The number of ether oxygens (including phenoxy) is 1. The van der Waals surface area contributed by atoms with Crippen molar-refractivity contribution in [3.8, 4) is 17.1 Å². The smallest absolute Gasteiger partial charge is 0.271 e. The van der Waals surface area contributed by atoms with E-state index in [0.29, 0.717) is 24.5 Å². The summed E-state index contributed by atoms with van der Waals surface area (Å²) in [6.07, 6.45) is 4.11. The fourth-order valence-electron chi connectivity index (χ4n) is 3.23. The molecule has 3 aromatic rings. The van der Waals surface area contributed by atoms with Crippen LogP contribution >= 0.6 is 0 Å². The predicted molar refractivity (Wildman–Crippen MR) is 93.6 cm³/mol. The highest BCUT2D eigenvalue weighted by Gasteiger charge is 2.27. The van der Waals surface area contributed by atoms with E-state index in [1.54, 1.807) is 19.5 Å². The number of amides is 1. The first-order valence-corrected chi connectivity index (χ1v) is 8.16. The van der Waals surface area contributed by atoms with Gasteiger partial charge in [-0.1, -0.05) is 18.2 Å². The zero-order valence-corrected chi connectivity index (χ0v) is 13.8. The summed E-state index contributed by atoms with van der Waals surface area (Å²) in [5.74, 6) is 1.48. The van der Waals surface area contributed by atoms with Crippen molar-refractivity contribution >= 4 is 5.91 Å². The Morgan fingerprint density at radius 1 is 1.16 bits per heavy atom. The van der Waals surface area contributed by atoms with Gasteiger partial charge in [-0.3, -0.25) is 9.78 Å². The molecule has 0 fully saturated rings. The number of H-pyrrole nitrogens is 1. The number of nitrogens with one attached hydrogen (secondary N) is 2. The minimum absolute atomic E-state index is 0.118. The first kappa shape index (κ1) is 15.4. The number of para-hydroxylation sites is 1. The molecule has 0 saturated carbocycles. The van der Waals surface area contributed by atoms with E-state index in [9.17, 15) is 4.79 Å². The molecule has 1 aliphatic heterocycles. The molecule has 1 aliphatic rings. The number of rotatable bonds is 3. The van der Waals surface area contributed by atoms with E-state index < -0.39 is 0 Å². The highest BCUT2D eigenvalue weighted by Crippen LogP contribution is 2.31. The SMILES string of the molecule is COc1ccccc1[C@H]1CNC(=O)c2nc(-c3ccncc3)[nH]c2C1. The third-order valence-electron chi connectivity index (χ3n) is 4.49. The number of benzene rings is 1. The predicted octanol–water partition coefficient (Wildman–Crippen LogP) is 2.55. The monoisotopic (exact) mass is 334 g/mol. The van der Waals surface area contributed by atoms with Crippen molar-refractivity contribution in [3.05, 3.63) is 65.7 Å². The molecule has 2 N–H and O–H groups in total. The normalized spacial score (nSPS) is 16.7. The number of aromatic amines is 1. The van der Waals surface area contributed by atoms with Crippen LogP contribution in [0.5, 0.6) is 5.75 Å². The molecule has 2 aromatic heterocycles. The van der Waals surface area contributed by atoms with Gasteiger partial charge >= 0.3 is 0 Å². The van der Waals surface area contributed by atoms with Gasteiger partial charge in [0.05, 0.1) is 7.11 Å². The van der Waals surface area contributed by atoms with Gasteiger partial charge in [0.2, 0.25) is 0 Å². The van der Waals surface area contributed by atoms with Crippen LogP contribution < -0.4 is 10.1 Å². The lowest BCUT2D eigenvalue weighted by molar-refractivity contribution is 0.0950. The maximum atomic E-state index is 12.4. The summed E-state index contributed by atoms with van der Waals surface area (Å²) >= 11 is 0. The molecule has 6 nitrogen and oxygen atoms in total. The molecule has 0 saturated heterocycles. The number of carbonyl (C=O) groups is 1. The number of carbonyl (C=O) groups excluding carboxylic acids is 1. The Morgan fingerprint density at radius 3 is 2.76 bits per heavy atom. The van der Waals surface area contributed by atoms with Crippen molar-refractivity contribution in [2.45, 2.75) is 12.3 Å². The largest absolute Gasteiger partial charge is 0.496 e. The summed E-state index contributed by atoms with van der Waals surface area (Å²) < 4.78 is 5.48. The lowest BCUT2D eigenvalue weighted by atomic mass is 9.93. The standard InChI is InChI=1S/C19H18N4O2/c1-25-16-5-3-2-4-14(16)13-10-15-17(19(24)21-11-13)23-18(22-15)12-6-8-20-9-7-12/h2-9,13H,10-11H2,1H3,(H,21,24)(H,22,23)/t13-/m1/s1. The number of hydrogen-bond donors (Lipinski definition) is 2. The summed E-state index contributed by atoms with van der Waals surface area (Å²) in [5.41, 5.74) is 3.30. The molecular weight excluding hydrogens is 316 g/mol. The summed E-state index contributed by atoms with van der Waals surface area (Å²) in [7, 11) is 1.66. The Balaban J connectivity index is 1.72. The van der Waals surface area contributed by atoms with Crippen molar-refractivity contribution in [1.82, 2.24) is 20.3 Å². The first-order valence-electron chi connectivity index (χ1n) is 8.16. The van der Waals surface area contributed by atoms with Crippen molar-refractivity contribution in [3.63, 3.8) is 0 Å². The van der Waals surface area contributed by atoms with Gasteiger partial charge in [-0.25, -0.2) is 4.98 Å². The van der Waals surface area contributed by atoms with E-state index in [1.807, 2.05) is 36.4 Å².